The maximum Gasteiger partial charge on any atom is 0.277 e. The number of amides is 1. The highest BCUT2D eigenvalue weighted by molar-refractivity contribution is 9.10. The third-order valence-corrected chi connectivity index (χ3v) is 4.11. The summed E-state index contributed by atoms with van der Waals surface area (Å²) in [4.78, 5) is 12.6. The monoisotopic (exact) mass is 366 g/mol. The van der Waals surface area contributed by atoms with Crippen molar-refractivity contribution in [2.24, 2.45) is 5.10 Å². The van der Waals surface area contributed by atoms with Crippen molar-refractivity contribution in [1.82, 2.24) is 5.43 Å². The molecule has 0 unspecified atom stereocenters. The second-order valence-corrected chi connectivity index (χ2v) is 6.05. The van der Waals surface area contributed by atoms with E-state index in [0.29, 0.717) is 5.75 Å². The summed E-state index contributed by atoms with van der Waals surface area (Å²) in [6.45, 7) is 2.01. The van der Waals surface area contributed by atoms with Crippen molar-refractivity contribution in [2.75, 3.05) is 6.61 Å². The summed E-state index contributed by atoms with van der Waals surface area (Å²) < 4.78 is 6.30. The number of nitrogens with zero attached hydrogens (tertiary/aromatic N) is 1. The lowest BCUT2D eigenvalue weighted by molar-refractivity contribution is -0.123. The van der Waals surface area contributed by atoms with E-state index in [2.05, 4.69) is 33.4 Å². The van der Waals surface area contributed by atoms with Crippen molar-refractivity contribution in [2.45, 2.75) is 13.3 Å². The van der Waals surface area contributed by atoms with E-state index >= 15 is 0 Å². The van der Waals surface area contributed by atoms with E-state index in [9.17, 15) is 4.79 Å². The molecule has 6 heteroatoms. The fourth-order valence-corrected chi connectivity index (χ4v) is 2.72. The molecule has 0 radical (unpaired) electrons. The van der Waals surface area contributed by atoms with Crippen LogP contribution in [0.25, 0.3) is 0 Å². The zero-order valence-electron chi connectivity index (χ0n) is 11.5. The molecular weight excluding hydrogens is 352 g/mol. The number of thiophene rings is 1. The zero-order chi connectivity index (χ0) is 15.1. The Morgan fingerprint density at radius 1 is 1.48 bits per heavy atom. The Labute approximate surface area is 136 Å². The van der Waals surface area contributed by atoms with Gasteiger partial charge in [-0.05, 0) is 51.5 Å². The Bertz CT molecular complexity index is 627. The molecule has 110 valence electrons. The predicted octanol–water partition coefficient (Wildman–Crippen LogP) is 3.60. The number of carbonyl (C=O) groups excluding carboxylic acids is 1. The van der Waals surface area contributed by atoms with Crippen LogP contribution in [0.5, 0.6) is 5.75 Å². The summed E-state index contributed by atoms with van der Waals surface area (Å²) >= 11 is 4.98. The minimum atomic E-state index is -0.297. The first-order chi connectivity index (χ1) is 10.2. The number of hydrogen-bond acceptors (Lipinski definition) is 4. The summed E-state index contributed by atoms with van der Waals surface area (Å²) in [6.07, 6.45) is 2.56. The van der Waals surface area contributed by atoms with Crippen molar-refractivity contribution in [3.8, 4) is 5.75 Å². The first-order valence-corrected chi connectivity index (χ1v) is 8.13. The van der Waals surface area contributed by atoms with Gasteiger partial charge < -0.3 is 4.74 Å². The first-order valence-electron chi connectivity index (χ1n) is 6.45. The van der Waals surface area contributed by atoms with Gasteiger partial charge in [-0.25, -0.2) is 5.43 Å². The number of carbonyl (C=O) groups is 1. The molecule has 0 fully saturated rings. The smallest absolute Gasteiger partial charge is 0.277 e. The Balaban J connectivity index is 1.81. The number of rotatable bonds is 6. The van der Waals surface area contributed by atoms with Crippen molar-refractivity contribution < 1.29 is 9.53 Å². The van der Waals surface area contributed by atoms with E-state index in [0.717, 1.165) is 15.8 Å². The quantitative estimate of drug-likeness (QED) is 0.627. The number of ether oxygens (including phenoxy) is 1. The minimum Gasteiger partial charge on any atom is -0.483 e. The number of hydrogen-bond donors (Lipinski definition) is 1. The fourth-order valence-electron chi connectivity index (χ4n) is 1.59. The maximum absolute atomic E-state index is 11.6. The lowest BCUT2D eigenvalue weighted by Gasteiger charge is -2.08. The van der Waals surface area contributed by atoms with Crippen LogP contribution in [0, 0.1) is 0 Å². The molecule has 0 saturated heterocycles. The van der Waals surface area contributed by atoms with Crippen molar-refractivity contribution in [3.63, 3.8) is 0 Å². The average Bonchev–Trinajstić information content (AvgIpc) is 2.99. The molecular formula is C15H15BrN2O2S. The van der Waals surface area contributed by atoms with Gasteiger partial charge in [0, 0.05) is 4.88 Å². The van der Waals surface area contributed by atoms with E-state index in [1.54, 1.807) is 17.6 Å². The third kappa shape index (κ3) is 4.99. The molecule has 21 heavy (non-hydrogen) atoms. The lowest BCUT2D eigenvalue weighted by Crippen LogP contribution is -2.24. The van der Waals surface area contributed by atoms with Crippen molar-refractivity contribution in [3.05, 3.63) is 50.6 Å². The van der Waals surface area contributed by atoms with E-state index in [4.69, 9.17) is 4.74 Å². The van der Waals surface area contributed by atoms with Gasteiger partial charge in [-0.2, -0.15) is 5.10 Å². The van der Waals surface area contributed by atoms with E-state index < -0.39 is 0 Å². The van der Waals surface area contributed by atoms with Crippen molar-refractivity contribution >= 4 is 39.4 Å². The molecule has 2 rings (SSSR count). The molecule has 1 heterocycles. The lowest BCUT2D eigenvalue weighted by atomic mass is 10.2. The topological polar surface area (TPSA) is 50.7 Å². The molecule has 2 aromatic rings. The van der Waals surface area contributed by atoms with Crippen LogP contribution in [0.3, 0.4) is 0 Å². The molecule has 1 amide bonds. The maximum atomic E-state index is 11.6. The number of halogens is 1. The summed E-state index contributed by atoms with van der Waals surface area (Å²) in [6, 6.07) is 9.66. The molecule has 0 spiro atoms. The average molecular weight is 367 g/mol. The van der Waals surface area contributed by atoms with Crippen molar-refractivity contribution in [1.29, 1.82) is 0 Å². The predicted molar refractivity (Wildman–Crippen MR) is 89.1 cm³/mol. The Morgan fingerprint density at radius 3 is 3.00 bits per heavy atom. The summed E-state index contributed by atoms with van der Waals surface area (Å²) in [5, 5.41) is 5.82. The number of nitrogens with one attached hydrogen (secondary N) is 1. The molecule has 0 saturated carbocycles. The van der Waals surface area contributed by atoms with Crippen LogP contribution < -0.4 is 10.2 Å². The number of hydrazone groups is 1. The van der Waals surface area contributed by atoms with Gasteiger partial charge in [0.05, 0.1) is 10.7 Å². The highest BCUT2D eigenvalue weighted by Crippen LogP contribution is 2.26. The number of aryl methyl sites for hydroxylation is 1. The highest BCUT2D eigenvalue weighted by atomic mass is 79.9. The second kappa shape index (κ2) is 7.95. The zero-order valence-corrected chi connectivity index (χ0v) is 13.9. The van der Waals surface area contributed by atoms with Crippen LogP contribution in [0.4, 0.5) is 0 Å². The second-order valence-electron chi connectivity index (χ2n) is 4.22. The summed E-state index contributed by atoms with van der Waals surface area (Å²) in [5.41, 5.74) is 3.64. The van der Waals surface area contributed by atoms with Crippen LogP contribution in [-0.4, -0.2) is 18.7 Å². The molecule has 4 nitrogen and oxygen atoms in total. The highest BCUT2D eigenvalue weighted by Gasteiger charge is 2.05. The van der Waals surface area contributed by atoms with Crippen LogP contribution >= 0.6 is 27.3 Å². The van der Waals surface area contributed by atoms with Crippen LogP contribution in [0.15, 0.2) is 45.3 Å². The van der Waals surface area contributed by atoms with E-state index in [1.807, 2.05) is 35.7 Å². The first kappa shape index (κ1) is 15.7. The fraction of sp³-hybridized carbons (Fsp3) is 0.200. The summed E-state index contributed by atoms with van der Waals surface area (Å²) in [7, 11) is 0. The SMILES string of the molecule is CCc1ccc(OCC(=O)NN=Cc2cccs2)c(Br)c1. The third-order valence-electron chi connectivity index (χ3n) is 2.69. The Hall–Kier alpha value is -1.66. The standard InChI is InChI=1S/C15H15BrN2O2S/c1-2-11-5-6-14(13(16)8-11)20-10-15(19)18-17-9-12-4-3-7-21-12/h3-9H,2,10H2,1H3,(H,18,19). The van der Waals surface area contributed by atoms with Crippen LogP contribution in [0.2, 0.25) is 0 Å². The molecule has 0 aliphatic heterocycles. The van der Waals surface area contributed by atoms with Gasteiger partial charge in [-0.1, -0.05) is 19.1 Å². The molecule has 1 aromatic heterocycles. The minimum absolute atomic E-state index is 0.0775. The van der Waals surface area contributed by atoms with Gasteiger partial charge in [0.1, 0.15) is 5.75 Å². The molecule has 0 atom stereocenters. The van der Waals surface area contributed by atoms with Gasteiger partial charge in [-0.15, -0.1) is 11.3 Å². The van der Waals surface area contributed by atoms with Gasteiger partial charge in [-0.3, -0.25) is 4.79 Å². The van der Waals surface area contributed by atoms with E-state index in [-0.39, 0.29) is 12.5 Å². The van der Waals surface area contributed by atoms with Crippen LogP contribution in [0.1, 0.15) is 17.4 Å². The summed E-state index contributed by atoms with van der Waals surface area (Å²) in [5.74, 6) is 0.346. The van der Waals surface area contributed by atoms with Gasteiger partial charge in [0.25, 0.3) is 5.91 Å². The largest absolute Gasteiger partial charge is 0.483 e. The number of benzene rings is 1. The Morgan fingerprint density at radius 2 is 2.33 bits per heavy atom. The van der Waals surface area contributed by atoms with E-state index in [1.165, 1.54) is 5.56 Å². The molecule has 1 aromatic carbocycles. The molecule has 0 aliphatic carbocycles. The molecule has 1 N–H and O–H groups in total. The normalized spacial score (nSPS) is 10.8. The van der Waals surface area contributed by atoms with Gasteiger partial charge >= 0.3 is 0 Å². The van der Waals surface area contributed by atoms with Gasteiger partial charge in [0.2, 0.25) is 0 Å². The van der Waals surface area contributed by atoms with Crippen LogP contribution in [-0.2, 0) is 11.2 Å². The van der Waals surface area contributed by atoms with Gasteiger partial charge in [0.15, 0.2) is 6.61 Å². The molecule has 0 bridgehead atoms. The Kier molecular flexibility index (Phi) is 5.95. The molecule has 0 aliphatic rings.